The van der Waals surface area contributed by atoms with Gasteiger partial charge in [-0.05, 0) is 49.6 Å². The molecule has 0 atom stereocenters. The number of carbonyl (C=O) groups is 1. The van der Waals surface area contributed by atoms with Crippen LogP contribution in [0.3, 0.4) is 0 Å². The van der Waals surface area contributed by atoms with Gasteiger partial charge < -0.3 is 4.90 Å². The Bertz CT molecular complexity index is 898. The molecule has 138 valence electrons. The summed E-state index contributed by atoms with van der Waals surface area (Å²) in [6, 6.07) is 8.82. The maximum absolute atomic E-state index is 13.1. The van der Waals surface area contributed by atoms with Crippen LogP contribution < -0.4 is 0 Å². The molecule has 26 heavy (non-hydrogen) atoms. The predicted octanol–water partition coefficient (Wildman–Crippen LogP) is 2.24. The van der Waals surface area contributed by atoms with Crippen LogP contribution in [0.25, 0.3) is 0 Å². The minimum absolute atomic E-state index is 0.0848. The smallest absolute Gasteiger partial charge is 0.254 e. The summed E-state index contributed by atoms with van der Waals surface area (Å²) in [4.78, 5) is 18.6. The molecule has 1 saturated heterocycles. The fourth-order valence-electron chi connectivity index (χ4n) is 3.14. The maximum Gasteiger partial charge on any atom is 0.254 e. The minimum atomic E-state index is -3.57. The largest absolute Gasteiger partial charge is 0.337 e. The van der Waals surface area contributed by atoms with Gasteiger partial charge in [-0.25, -0.2) is 8.42 Å². The summed E-state index contributed by atoms with van der Waals surface area (Å²) in [5.74, 6) is -0.0848. The molecule has 0 radical (unpaired) electrons. The van der Waals surface area contributed by atoms with Crippen molar-refractivity contribution in [3.63, 3.8) is 0 Å². The number of hydrogen-bond donors (Lipinski definition) is 0. The van der Waals surface area contributed by atoms with Gasteiger partial charge in [-0.15, -0.1) is 0 Å². The average molecular weight is 373 g/mol. The second kappa shape index (κ2) is 7.55. The highest BCUT2D eigenvalue weighted by atomic mass is 32.2. The Morgan fingerprint density at radius 1 is 1.00 bits per heavy atom. The van der Waals surface area contributed by atoms with Crippen LogP contribution in [0, 0.1) is 13.8 Å². The van der Waals surface area contributed by atoms with E-state index in [1.165, 1.54) is 4.31 Å². The topological polar surface area (TPSA) is 70.6 Å². The molecule has 1 aromatic heterocycles. The number of aryl methyl sites for hydroxylation is 2. The Kier molecular flexibility index (Phi) is 5.38. The van der Waals surface area contributed by atoms with Crippen molar-refractivity contribution < 1.29 is 13.2 Å². The number of sulfonamides is 1. The van der Waals surface area contributed by atoms with Crippen LogP contribution in [0.5, 0.6) is 0 Å². The van der Waals surface area contributed by atoms with Crippen LogP contribution in [0.1, 0.15) is 27.9 Å². The van der Waals surface area contributed by atoms with Crippen molar-refractivity contribution in [3.8, 4) is 0 Å². The molecule has 0 spiro atoms. The third-order valence-corrected chi connectivity index (χ3v) is 6.67. The Morgan fingerprint density at radius 2 is 1.73 bits per heavy atom. The quantitative estimate of drug-likeness (QED) is 0.827. The monoisotopic (exact) mass is 373 g/mol. The number of benzene rings is 1. The molecule has 0 N–H and O–H groups in total. The first kappa shape index (κ1) is 18.5. The van der Waals surface area contributed by atoms with E-state index >= 15 is 0 Å². The van der Waals surface area contributed by atoms with E-state index in [2.05, 4.69) is 4.98 Å². The van der Waals surface area contributed by atoms with E-state index in [1.54, 1.807) is 35.5 Å². The molecule has 6 nitrogen and oxygen atoms in total. The van der Waals surface area contributed by atoms with Crippen molar-refractivity contribution in [1.82, 2.24) is 14.2 Å². The first-order valence-corrected chi connectivity index (χ1v) is 10.1. The molecular formula is C19H23N3O3S. The lowest BCUT2D eigenvalue weighted by molar-refractivity contribution is 0.0764. The second-order valence-corrected chi connectivity index (χ2v) is 8.46. The summed E-state index contributed by atoms with van der Waals surface area (Å²) in [5, 5.41) is 0. The molecule has 1 aliphatic rings. The lowest BCUT2D eigenvalue weighted by Crippen LogP contribution is -2.37. The van der Waals surface area contributed by atoms with E-state index in [-0.39, 0.29) is 5.91 Å². The van der Waals surface area contributed by atoms with Crippen LogP contribution in [-0.4, -0.2) is 54.7 Å². The molecule has 0 unspecified atom stereocenters. The van der Waals surface area contributed by atoms with Gasteiger partial charge in [-0.1, -0.05) is 12.1 Å². The molecule has 1 aromatic carbocycles. The van der Waals surface area contributed by atoms with E-state index in [1.807, 2.05) is 26.0 Å². The summed E-state index contributed by atoms with van der Waals surface area (Å²) < 4.78 is 27.6. The lowest BCUT2D eigenvalue weighted by Gasteiger charge is -2.22. The van der Waals surface area contributed by atoms with Crippen molar-refractivity contribution >= 4 is 15.9 Å². The Labute approximate surface area is 154 Å². The van der Waals surface area contributed by atoms with Crippen molar-refractivity contribution in [2.45, 2.75) is 25.2 Å². The van der Waals surface area contributed by atoms with Gasteiger partial charge in [0.05, 0.1) is 4.90 Å². The number of hydrogen-bond acceptors (Lipinski definition) is 4. The Balaban J connectivity index is 1.78. The standard InChI is InChI=1S/C19H23N3O3S/c1-15-4-5-16(2)18(14-15)26(24,25)22-11-3-10-21(12-13-22)19(23)17-6-8-20-9-7-17/h4-9,14H,3,10-13H2,1-2H3. The van der Waals surface area contributed by atoms with Crippen molar-refractivity contribution in [2.75, 3.05) is 26.2 Å². The third kappa shape index (κ3) is 3.78. The molecule has 7 heteroatoms. The number of carbonyl (C=O) groups excluding carboxylic acids is 1. The third-order valence-electron chi connectivity index (χ3n) is 4.63. The summed E-state index contributed by atoms with van der Waals surface area (Å²) in [5.41, 5.74) is 2.23. The van der Waals surface area contributed by atoms with Gasteiger partial charge in [-0.2, -0.15) is 4.31 Å². The van der Waals surface area contributed by atoms with Crippen molar-refractivity contribution in [1.29, 1.82) is 0 Å². The first-order valence-electron chi connectivity index (χ1n) is 8.66. The van der Waals surface area contributed by atoms with Crippen LogP contribution >= 0.6 is 0 Å². The predicted molar refractivity (Wildman–Crippen MR) is 99.4 cm³/mol. The molecule has 0 aliphatic carbocycles. The van der Waals surface area contributed by atoms with Crippen LogP contribution in [0.15, 0.2) is 47.6 Å². The van der Waals surface area contributed by atoms with Crippen molar-refractivity contribution in [3.05, 3.63) is 59.4 Å². The summed E-state index contributed by atoms with van der Waals surface area (Å²) in [7, 11) is -3.57. The molecule has 3 rings (SSSR count). The highest BCUT2D eigenvalue weighted by Crippen LogP contribution is 2.22. The molecule has 1 fully saturated rings. The van der Waals surface area contributed by atoms with Gasteiger partial charge in [0.25, 0.3) is 5.91 Å². The number of pyridine rings is 1. The fraction of sp³-hybridized carbons (Fsp3) is 0.368. The molecule has 1 amide bonds. The molecule has 2 aromatic rings. The molecule has 0 saturated carbocycles. The zero-order chi connectivity index (χ0) is 18.7. The molecule has 1 aliphatic heterocycles. The summed E-state index contributed by atoms with van der Waals surface area (Å²) in [6.45, 7) is 5.33. The summed E-state index contributed by atoms with van der Waals surface area (Å²) >= 11 is 0. The van der Waals surface area contributed by atoms with Gasteiger partial charge in [0.1, 0.15) is 0 Å². The highest BCUT2D eigenvalue weighted by Gasteiger charge is 2.29. The molecular weight excluding hydrogens is 350 g/mol. The molecule has 0 bridgehead atoms. The minimum Gasteiger partial charge on any atom is -0.337 e. The van der Waals surface area contributed by atoms with Gasteiger partial charge in [0, 0.05) is 44.1 Å². The van der Waals surface area contributed by atoms with Gasteiger partial charge in [0.2, 0.25) is 10.0 Å². The number of nitrogens with zero attached hydrogens (tertiary/aromatic N) is 3. The normalized spacial score (nSPS) is 16.3. The lowest BCUT2D eigenvalue weighted by atomic mass is 10.2. The number of rotatable bonds is 3. The van der Waals surface area contributed by atoms with E-state index in [0.29, 0.717) is 43.1 Å². The first-order chi connectivity index (χ1) is 12.4. The van der Waals surface area contributed by atoms with Gasteiger partial charge in [0.15, 0.2) is 0 Å². The SMILES string of the molecule is Cc1ccc(C)c(S(=O)(=O)N2CCCN(C(=O)c3ccncc3)CC2)c1. The Hall–Kier alpha value is -2.25. The van der Waals surface area contributed by atoms with Crippen LogP contribution in [0.4, 0.5) is 0 Å². The van der Waals surface area contributed by atoms with E-state index < -0.39 is 10.0 Å². The Morgan fingerprint density at radius 3 is 2.46 bits per heavy atom. The maximum atomic E-state index is 13.1. The van der Waals surface area contributed by atoms with E-state index in [4.69, 9.17) is 0 Å². The van der Waals surface area contributed by atoms with E-state index in [9.17, 15) is 13.2 Å². The van der Waals surface area contributed by atoms with Crippen molar-refractivity contribution in [2.24, 2.45) is 0 Å². The van der Waals surface area contributed by atoms with Gasteiger partial charge >= 0.3 is 0 Å². The van der Waals surface area contributed by atoms with Gasteiger partial charge in [-0.3, -0.25) is 9.78 Å². The number of amides is 1. The second-order valence-electron chi connectivity index (χ2n) is 6.55. The average Bonchev–Trinajstić information content (AvgIpc) is 2.90. The van der Waals surface area contributed by atoms with Crippen LogP contribution in [-0.2, 0) is 10.0 Å². The zero-order valence-electron chi connectivity index (χ0n) is 15.1. The fourth-order valence-corrected chi connectivity index (χ4v) is 4.92. The van der Waals surface area contributed by atoms with E-state index in [0.717, 1.165) is 11.1 Å². The molecule has 2 heterocycles. The highest BCUT2D eigenvalue weighted by molar-refractivity contribution is 7.89. The van der Waals surface area contributed by atoms with Crippen LogP contribution in [0.2, 0.25) is 0 Å². The zero-order valence-corrected chi connectivity index (χ0v) is 15.9. The number of aromatic nitrogens is 1. The summed E-state index contributed by atoms with van der Waals surface area (Å²) in [6.07, 6.45) is 3.78.